The van der Waals surface area contributed by atoms with Crippen molar-refractivity contribution in [3.8, 4) is 0 Å². The molecule has 0 aliphatic heterocycles. The molecule has 1 amide bonds. The van der Waals surface area contributed by atoms with Crippen molar-refractivity contribution >= 4 is 17.2 Å². The summed E-state index contributed by atoms with van der Waals surface area (Å²) in [6.07, 6.45) is 3.51. The molecule has 0 radical (unpaired) electrons. The molecule has 0 spiro atoms. The molecule has 5 nitrogen and oxygen atoms in total. The first-order valence-electron chi connectivity index (χ1n) is 7.49. The Labute approximate surface area is 134 Å². The Kier molecular flexibility index (Phi) is 3.95. The number of amides is 1. The summed E-state index contributed by atoms with van der Waals surface area (Å²) in [5.74, 6) is -0.101. The van der Waals surface area contributed by atoms with Gasteiger partial charge in [0.1, 0.15) is 10.0 Å². The minimum atomic E-state index is -0.133. The van der Waals surface area contributed by atoms with E-state index in [0.717, 1.165) is 28.6 Å². The van der Waals surface area contributed by atoms with Gasteiger partial charge in [-0.3, -0.25) is 9.78 Å². The third kappa shape index (κ3) is 3.02. The molecule has 116 valence electrons. The van der Waals surface area contributed by atoms with E-state index in [9.17, 15) is 4.79 Å². The number of aromatic nitrogens is 3. The number of aryl methyl sites for hydroxylation is 1. The van der Waals surface area contributed by atoms with Gasteiger partial charge in [-0.1, -0.05) is 38.2 Å². The van der Waals surface area contributed by atoms with E-state index < -0.39 is 0 Å². The molecule has 0 fully saturated rings. The highest BCUT2D eigenvalue weighted by molar-refractivity contribution is 7.11. The van der Waals surface area contributed by atoms with Crippen LogP contribution in [0, 0.1) is 0 Å². The van der Waals surface area contributed by atoms with Crippen molar-refractivity contribution in [2.45, 2.75) is 51.5 Å². The highest BCUT2D eigenvalue weighted by Gasteiger charge is 2.29. The molecule has 2 heterocycles. The van der Waals surface area contributed by atoms with Crippen LogP contribution in [0.2, 0.25) is 0 Å². The molecule has 0 aromatic carbocycles. The highest BCUT2D eigenvalue weighted by atomic mass is 32.1. The van der Waals surface area contributed by atoms with Gasteiger partial charge in [0.05, 0.1) is 18.2 Å². The fourth-order valence-electron chi connectivity index (χ4n) is 2.58. The molecule has 1 N–H and O–H groups in total. The van der Waals surface area contributed by atoms with Crippen LogP contribution in [0.5, 0.6) is 0 Å². The molecule has 1 aliphatic carbocycles. The zero-order valence-corrected chi connectivity index (χ0v) is 13.9. The molecule has 22 heavy (non-hydrogen) atoms. The smallest absolute Gasteiger partial charge is 0.229 e. The third-order valence-electron chi connectivity index (χ3n) is 3.80. The van der Waals surface area contributed by atoms with Crippen LogP contribution < -0.4 is 5.32 Å². The number of nitrogens with zero attached hydrogens (tertiary/aromatic N) is 3. The summed E-state index contributed by atoms with van der Waals surface area (Å²) < 4.78 is 0. The normalized spacial score (nSPS) is 17.3. The van der Waals surface area contributed by atoms with Crippen molar-refractivity contribution in [2.24, 2.45) is 0 Å². The summed E-state index contributed by atoms with van der Waals surface area (Å²) >= 11 is 1.56. The zero-order chi connectivity index (χ0) is 15.7. The van der Waals surface area contributed by atoms with E-state index in [1.54, 1.807) is 17.5 Å². The second-order valence-corrected chi connectivity index (χ2v) is 7.67. The van der Waals surface area contributed by atoms with Crippen LogP contribution in [0.3, 0.4) is 0 Å². The quantitative estimate of drug-likeness (QED) is 0.945. The van der Waals surface area contributed by atoms with Crippen LogP contribution in [0.1, 0.15) is 54.4 Å². The minimum Gasteiger partial charge on any atom is -0.349 e. The lowest BCUT2D eigenvalue weighted by Gasteiger charge is -2.12. The number of hydrogen-bond acceptors (Lipinski definition) is 5. The first kappa shape index (κ1) is 15.1. The van der Waals surface area contributed by atoms with Crippen LogP contribution in [0.15, 0.2) is 18.3 Å². The second kappa shape index (κ2) is 5.76. The van der Waals surface area contributed by atoms with Gasteiger partial charge in [-0.2, -0.15) is 0 Å². The number of carbonyl (C=O) groups excluding carboxylic acids is 1. The molecule has 2 aromatic rings. The predicted molar refractivity (Wildman–Crippen MR) is 85.8 cm³/mol. The maximum atomic E-state index is 12.4. The predicted octanol–water partition coefficient (Wildman–Crippen LogP) is 2.58. The summed E-state index contributed by atoms with van der Waals surface area (Å²) in [7, 11) is 0. The van der Waals surface area contributed by atoms with Crippen molar-refractivity contribution in [2.75, 3.05) is 0 Å². The lowest BCUT2D eigenvalue weighted by atomic mass is 9.98. The Balaban J connectivity index is 1.63. The summed E-state index contributed by atoms with van der Waals surface area (Å²) in [5, 5.41) is 13.2. The van der Waals surface area contributed by atoms with Gasteiger partial charge in [0.2, 0.25) is 5.91 Å². The van der Waals surface area contributed by atoms with Gasteiger partial charge in [-0.15, -0.1) is 10.2 Å². The van der Waals surface area contributed by atoms with Crippen molar-refractivity contribution in [1.29, 1.82) is 0 Å². The van der Waals surface area contributed by atoms with E-state index in [1.807, 2.05) is 6.07 Å². The van der Waals surface area contributed by atoms with Gasteiger partial charge in [0, 0.05) is 11.6 Å². The van der Waals surface area contributed by atoms with Gasteiger partial charge < -0.3 is 5.32 Å². The number of fused-ring (bicyclic) bond motifs is 1. The van der Waals surface area contributed by atoms with Crippen LogP contribution in [0.4, 0.5) is 0 Å². The second-order valence-electron chi connectivity index (χ2n) is 6.61. The summed E-state index contributed by atoms with van der Waals surface area (Å²) in [6.45, 7) is 6.76. The lowest BCUT2D eigenvalue weighted by Crippen LogP contribution is -2.28. The average Bonchev–Trinajstić information content (AvgIpc) is 3.11. The van der Waals surface area contributed by atoms with Crippen molar-refractivity contribution in [3.05, 3.63) is 39.6 Å². The molecule has 0 unspecified atom stereocenters. The van der Waals surface area contributed by atoms with E-state index in [0.29, 0.717) is 6.54 Å². The van der Waals surface area contributed by atoms with Gasteiger partial charge in [0.25, 0.3) is 0 Å². The van der Waals surface area contributed by atoms with E-state index >= 15 is 0 Å². The van der Waals surface area contributed by atoms with E-state index in [1.165, 1.54) is 5.56 Å². The molecule has 6 heteroatoms. The molecular formula is C16H20N4OS. The Morgan fingerprint density at radius 2 is 2.23 bits per heavy atom. The molecule has 1 aliphatic rings. The monoisotopic (exact) mass is 316 g/mol. The number of rotatable bonds is 3. The Morgan fingerprint density at radius 1 is 1.41 bits per heavy atom. The first-order valence-corrected chi connectivity index (χ1v) is 8.31. The van der Waals surface area contributed by atoms with Crippen molar-refractivity contribution < 1.29 is 4.79 Å². The lowest BCUT2D eigenvalue weighted by molar-refractivity contribution is -0.122. The Hall–Kier alpha value is -1.82. The fraction of sp³-hybridized carbons (Fsp3) is 0.500. The topological polar surface area (TPSA) is 67.8 Å². The SMILES string of the molecule is CC(C)(C)c1nnc(CNC(=O)[C@@H]2CCc3cccnc32)s1. The number of nitrogens with one attached hydrogen (secondary N) is 1. The Bertz CT molecular complexity index is 689. The maximum Gasteiger partial charge on any atom is 0.229 e. The van der Waals surface area contributed by atoms with Gasteiger partial charge in [-0.25, -0.2) is 0 Å². The minimum absolute atomic E-state index is 0.00572. The van der Waals surface area contributed by atoms with Crippen LogP contribution in [-0.4, -0.2) is 21.1 Å². The number of pyridine rings is 1. The van der Waals surface area contributed by atoms with Crippen LogP contribution in [0.25, 0.3) is 0 Å². The maximum absolute atomic E-state index is 12.4. The fourth-order valence-corrected chi connectivity index (χ4v) is 3.42. The molecule has 3 rings (SSSR count). The van der Waals surface area contributed by atoms with Gasteiger partial charge in [-0.05, 0) is 24.5 Å². The molecule has 0 saturated carbocycles. The molecule has 2 aromatic heterocycles. The summed E-state index contributed by atoms with van der Waals surface area (Å²) in [4.78, 5) is 16.8. The summed E-state index contributed by atoms with van der Waals surface area (Å²) in [5.41, 5.74) is 2.11. The highest BCUT2D eigenvalue weighted by Crippen LogP contribution is 2.31. The summed E-state index contributed by atoms with van der Waals surface area (Å²) in [6, 6.07) is 3.98. The number of carbonyl (C=O) groups is 1. The van der Waals surface area contributed by atoms with Crippen LogP contribution >= 0.6 is 11.3 Å². The van der Waals surface area contributed by atoms with E-state index in [-0.39, 0.29) is 17.2 Å². The molecule has 1 atom stereocenters. The third-order valence-corrected chi connectivity index (χ3v) is 5.15. The zero-order valence-electron chi connectivity index (χ0n) is 13.1. The average molecular weight is 316 g/mol. The Morgan fingerprint density at radius 3 is 2.95 bits per heavy atom. The van der Waals surface area contributed by atoms with Gasteiger partial charge >= 0.3 is 0 Å². The largest absolute Gasteiger partial charge is 0.349 e. The standard InChI is InChI=1S/C16H20N4OS/c1-16(2,3)15-20-19-12(22-15)9-18-14(21)11-7-6-10-5-4-8-17-13(10)11/h4-5,8,11H,6-7,9H2,1-3H3,(H,18,21)/t11-/m1/s1. The van der Waals surface area contributed by atoms with Crippen molar-refractivity contribution in [1.82, 2.24) is 20.5 Å². The van der Waals surface area contributed by atoms with Gasteiger partial charge in [0.15, 0.2) is 0 Å². The van der Waals surface area contributed by atoms with E-state index in [4.69, 9.17) is 0 Å². The first-order chi connectivity index (χ1) is 10.4. The van der Waals surface area contributed by atoms with Crippen LogP contribution in [-0.2, 0) is 23.2 Å². The van der Waals surface area contributed by atoms with E-state index in [2.05, 4.69) is 47.3 Å². The molecule has 0 bridgehead atoms. The molecule has 0 saturated heterocycles. The number of hydrogen-bond donors (Lipinski definition) is 1. The molecular weight excluding hydrogens is 296 g/mol. The van der Waals surface area contributed by atoms with Crippen molar-refractivity contribution in [3.63, 3.8) is 0 Å².